The highest BCUT2D eigenvalue weighted by molar-refractivity contribution is 6.08. The summed E-state index contributed by atoms with van der Waals surface area (Å²) in [6.45, 7) is 12.6. The molecule has 2 aliphatic rings. The molecular weight excluding hydrogens is 504 g/mol. The van der Waals surface area contributed by atoms with Crippen LogP contribution in [0.15, 0.2) is 72.8 Å². The zero-order valence-electron chi connectivity index (χ0n) is 24.9. The predicted octanol–water partition coefficient (Wildman–Crippen LogP) is 8.01. The summed E-state index contributed by atoms with van der Waals surface area (Å²) in [6.07, 6.45) is 3.48. The van der Waals surface area contributed by atoms with E-state index in [1.165, 1.54) is 5.69 Å². The summed E-state index contributed by atoms with van der Waals surface area (Å²) >= 11 is 0. The normalized spacial score (nSPS) is 22.2. The van der Waals surface area contributed by atoms with E-state index in [9.17, 15) is 9.59 Å². The van der Waals surface area contributed by atoms with Gasteiger partial charge in [0.15, 0.2) is 5.78 Å². The number of carbonyl (C=O) groups is 2. The number of anilines is 1. The van der Waals surface area contributed by atoms with Gasteiger partial charge in [-0.25, -0.2) is 0 Å². The maximum absolute atomic E-state index is 13.7. The van der Waals surface area contributed by atoms with Crippen LogP contribution in [0.1, 0.15) is 68.1 Å². The van der Waals surface area contributed by atoms with Gasteiger partial charge in [-0.15, -0.1) is 0 Å². The Morgan fingerprint density at radius 2 is 1.59 bits per heavy atom. The lowest BCUT2D eigenvalue weighted by Gasteiger charge is -2.42. The van der Waals surface area contributed by atoms with Crippen LogP contribution in [-0.2, 0) is 11.2 Å². The van der Waals surface area contributed by atoms with Crippen molar-refractivity contribution in [1.29, 1.82) is 5.26 Å². The number of nitriles is 1. The molecule has 3 aromatic rings. The largest absolute Gasteiger partial charge is 0.371 e. The molecule has 1 aliphatic carbocycles. The maximum Gasteiger partial charge on any atom is 0.170 e. The fourth-order valence-electron chi connectivity index (χ4n) is 6.74. The summed E-state index contributed by atoms with van der Waals surface area (Å²) in [6, 6.07) is 24.4. The molecule has 5 rings (SSSR count). The molecule has 3 atom stereocenters. The number of hydrogen-bond acceptors (Lipinski definition) is 4. The summed E-state index contributed by atoms with van der Waals surface area (Å²) in [5, 5.41) is 9.15. The molecule has 0 N–H and O–H groups in total. The van der Waals surface area contributed by atoms with Crippen LogP contribution in [0.25, 0.3) is 16.7 Å². The van der Waals surface area contributed by atoms with E-state index in [-0.39, 0.29) is 17.6 Å². The summed E-state index contributed by atoms with van der Waals surface area (Å²) in [5.74, 6) is 1.80. The van der Waals surface area contributed by atoms with Crippen molar-refractivity contribution in [2.24, 2.45) is 29.6 Å². The smallest absolute Gasteiger partial charge is 0.170 e. The van der Waals surface area contributed by atoms with E-state index in [4.69, 9.17) is 5.26 Å². The van der Waals surface area contributed by atoms with Crippen LogP contribution in [0.4, 0.5) is 5.69 Å². The van der Waals surface area contributed by atoms with E-state index in [0.29, 0.717) is 41.9 Å². The first kappa shape index (κ1) is 28.6. The van der Waals surface area contributed by atoms with Gasteiger partial charge in [-0.05, 0) is 83.2 Å². The first-order chi connectivity index (χ1) is 19.7. The molecular formula is C37H40N2O2. The minimum Gasteiger partial charge on any atom is -0.371 e. The number of benzene rings is 3. The Balaban J connectivity index is 1.29. The Kier molecular flexibility index (Phi) is 8.27. The summed E-state index contributed by atoms with van der Waals surface area (Å²) in [7, 11) is 0. The molecule has 1 fully saturated rings. The Labute approximate surface area is 244 Å². The van der Waals surface area contributed by atoms with E-state index in [2.05, 4.69) is 68.1 Å². The molecule has 1 heterocycles. The molecule has 0 radical (unpaired) electrons. The van der Waals surface area contributed by atoms with Crippen LogP contribution in [0.5, 0.6) is 0 Å². The van der Waals surface area contributed by atoms with Gasteiger partial charge in [0.2, 0.25) is 0 Å². The monoisotopic (exact) mass is 544 g/mol. The van der Waals surface area contributed by atoms with Crippen molar-refractivity contribution in [3.63, 3.8) is 0 Å². The molecule has 4 heteroatoms. The van der Waals surface area contributed by atoms with Gasteiger partial charge in [-0.1, -0.05) is 76.2 Å². The molecule has 0 bridgehead atoms. The first-order valence-corrected chi connectivity index (χ1v) is 14.9. The van der Waals surface area contributed by atoms with E-state index in [1.54, 1.807) is 0 Å². The van der Waals surface area contributed by atoms with Crippen LogP contribution < -0.4 is 4.90 Å². The quantitative estimate of drug-likeness (QED) is 0.302. The van der Waals surface area contributed by atoms with Crippen molar-refractivity contribution < 1.29 is 9.59 Å². The fraction of sp³-hybridized carbons (Fsp3) is 0.378. The molecule has 0 aromatic heterocycles. The Bertz CT molecular complexity index is 1500. The number of Topliss-reactive ketones (excluding diaryl/α,β-unsaturated/α-hetero) is 2. The van der Waals surface area contributed by atoms with Gasteiger partial charge in [0.25, 0.3) is 0 Å². The lowest BCUT2D eigenvalue weighted by molar-refractivity contribution is -0.123. The van der Waals surface area contributed by atoms with Crippen molar-refractivity contribution >= 4 is 22.8 Å². The van der Waals surface area contributed by atoms with E-state index >= 15 is 0 Å². The number of carbonyl (C=O) groups excluding carboxylic acids is 2. The van der Waals surface area contributed by atoms with Crippen LogP contribution in [0.3, 0.4) is 0 Å². The second-order valence-corrected chi connectivity index (χ2v) is 12.5. The number of nitrogens with zero attached hydrogens (tertiary/aromatic N) is 2. The van der Waals surface area contributed by atoms with Gasteiger partial charge in [-0.2, -0.15) is 5.26 Å². The third kappa shape index (κ3) is 5.91. The third-order valence-corrected chi connectivity index (χ3v) is 9.15. The first-order valence-electron chi connectivity index (χ1n) is 14.9. The van der Waals surface area contributed by atoms with E-state index in [1.807, 2.05) is 50.2 Å². The predicted molar refractivity (Wildman–Crippen MR) is 167 cm³/mol. The number of rotatable bonds is 7. The summed E-state index contributed by atoms with van der Waals surface area (Å²) in [5.41, 5.74) is 7.90. The molecule has 210 valence electrons. The lowest BCUT2D eigenvalue weighted by atomic mass is 9.75. The zero-order valence-corrected chi connectivity index (χ0v) is 24.9. The Morgan fingerprint density at radius 1 is 0.951 bits per heavy atom. The van der Waals surface area contributed by atoms with Gasteiger partial charge in [0.1, 0.15) is 5.78 Å². The fourth-order valence-corrected chi connectivity index (χ4v) is 6.74. The SMILES string of the molecule is CC1=CC(Cc2ccc(N3CC(C)C(CC(=O)C(C)C)C(C)C3)cc2)C(=O)c2cccc(-c3ccc(C#N)cc3)c21. The van der Waals surface area contributed by atoms with Gasteiger partial charge in [0.05, 0.1) is 11.6 Å². The number of fused-ring (bicyclic) bond motifs is 1. The average Bonchev–Trinajstić information content (AvgIpc) is 2.97. The molecule has 1 aliphatic heterocycles. The number of ketones is 2. The van der Waals surface area contributed by atoms with Gasteiger partial charge >= 0.3 is 0 Å². The Morgan fingerprint density at radius 3 is 2.20 bits per heavy atom. The minimum absolute atomic E-state index is 0.104. The topological polar surface area (TPSA) is 61.2 Å². The second kappa shape index (κ2) is 11.9. The molecule has 1 saturated heterocycles. The van der Waals surface area contributed by atoms with Gasteiger partial charge in [0, 0.05) is 42.6 Å². The van der Waals surface area contributed by atoms with Crippen LogP contribution in [-0.4, -0.2) is 24.7 Å². The van der Waals surface area contributed by atoms with Crippen molar-refractivity contribution in [2.45, 2.75) is 47.5 Å². The average molecular weight is 545 g/mol. The molecule has 4 nitrogen and oxygen atoms in total. The van der Waals surface area contributed by atoms with E-state index in [0.717, 1.165) is 46.5 Å². The lowest BCUT2D eigenvalue weighted by Crippen LogP contribution is -2.45. The van der Waals surface area contributed by atoms with Crippen molar-refractivity contribution in [1.82, 2.24) is 0 Å². The summed E-state index contributed by atoms with van der Waals surface area (Å²) in [4.78, 5) is 28.5. The minimum atomic E-state index is -0.196. The van der Waals surface area contributed by atoms with Crippen molar-refractivity contribution in [3.05, 3.63) is 95.1 Å². The second-order valence-electron chi connectivity index (χ2n) is 12.5. The number of piperidine rings is 1. The van der Waals surface area contributed by atoms with Crippen LogP contribution in [0.2, 0.25) is 0 Å². The highest BCUT2D eigenvalue weighted by Crippen LogP contribution is 2.38. The Hall–Kier alpha value is -3.97. The molecule has 0 amide bonds. The van der Waals surface area contributed by atoms with Crippen LogP contribution in [0, 0.1) is 40.9 Å². The highest BCUT2D eigenvalue weighted by atomic mass is 16.1. The standard InChI is InChI=1S/C37H40N2O2/c1-23(2)35(40)19-34-25(4)21-39(22-26(34)5)31-15-11-27(12-16-31)18-30-17-24(3)36-32(7-6-8-33(36)37(30)41)29-13-9-28(20-38)10-14-29/h6-17,23,25-26,30,34H,18-19,21-22H2,1-5H3. The van der Waals surface area contributed by atoms with Gasteiger partial charge in [-0.3, -0.25) is 9.59 Å². The molecule has 0 saturated carbocycles. The van der Waals surface area contributed by atoms with Gasteiger partial charge < -0.3 is 4.90 Å². The van der Waals surface area contributed by atoms with E-state index < -0.39 is 0 Å². The summed E-state index contributed by atoms with van der Waals surface area (Å²) < 4.78 is 0. The highest BCUT2D eigenvalue weighted by Gasteiger charge is 2.34. The molecule has 3 aromatic carbocycles. The molecule has 0 spiro atoms. The maximum atomic E-state index is 13.7. The van der Waals surface area contributed by atoms with Crippen molar-refractivity contribution in [3.8, 4) is 17.2 Å². The van der Waals surface area contributed by atoms with Crippen LogP contribution >= 0.6 is 0 Å². The molecule has 41 heavy (non-hydrogen) atoms. The third-order valence-electron chi connectivity index (χ3n) is 9.15. The zero-order chi connectivity index (χ0) is 29.3. The number of hydrogen-bond donors (Lipinski definition) is 0. The molecule has 3 unspecified atom stereocenters. The number of allylic oxidation sites excluding steroid dienone is 2. The van der Waals surface area contributed by atoms with Crippen molar-refractivity contribution in [2.75, 3.05) is 18.0 Å².